The molecule has 0 aromatic rings. The second kappa shape index (κ2) is 5.13. The van der Waals surface area contributed by atoms with Gasteiger partial charge in [0.1, 0.15) is 0 Å². The van der Waals surface area contributed by atoms with Crippen molar-refractivity contribution < 1.29 is 0 Å². The lowest BCUT2D eigenvalue weighted by atomic mass is 9.87. The van der Waals surface area contributed by atoms with Gasteiger partial charge in [0.2, 0.25) is 0 Å². The zero-order valence-electron chi connectivity index (χ0n) is 10.2. The predicted molar refractivity (Wildman–Crippen MR) is 62.5 cm³/mol. The van der Waals surface area contributed by atoms with Crippen LogP contribution in [0.25, 0.3) is 0 Å². The third-order valence-corrected chi connectivity index (χ3v) is 3.47. The molecule has 0 aromatic heterocycles. The molecule has 1 aliphatic rings. The highest BCUT2D eigenvalue weighted by Crippen LogP contribution is 2.19. The highest BCUT2D eigenvalue weighted by Gasteiger charge is 2.21. The molecule has 0 aliphatic carbocycles. The second-order valence-electron chi connectivity index (χ2n) is 5.69. The average molecular weight is 198 g/mol. The molecule has 1 saturated heterocycles. The van der Waals surface area contributed by atoms with Crippen LogP contribution in [0.1, 0.15) is 40.5 Å². The highest BCUT2D eigenvalue weighted by atomic mass is 14.9. The molecule has 1 fully saturated rings. The maximum Gasteiger partial charge on any atom is 0.00873 e. The lowest BCUT2D eigenvalue weighted by Crippen LogP contribution is -2.42. The summed E-state index contributed by atoms with van der Waals surface area (Å²) in [5.41, 5.74) is 0.382. The van der Waals surface area contributed by atoms with Crippen LogP contribution in [0.4, 0.5) is 0 Å². The summed E-state index contributed by atoms with van der Waals surface area (Å²) in [7, 11) is 0. The van der Waals surface area contributed by atoms with E-state index in [4.69, 9.17) is 0 Å². The van der Waals surface area contributed by atoms with E-state index in [1.165, 1.54) is 32.5 Å². The Hall–Kier alpha value is -0.0800. The summed E-state index contributed by atoms with van der Waals surface area (Å²) >= 11 is 0. The van der Waals surface area contributed by atoms with E-state index in [0.717, 1.165) is 5.92 Å². The van der Waals surface area contributed by atoms with E-state index in [1.807, 2.05) is 0 Å². The molecule has 14 heavy (non-hydrogen) atoms. The summed E-state index contributed by atoms with van der Waals surface area (Å²) in [6.07, 6.45) is 2.67. The molecule has 1 rings (SSSR count). The molecule has 0 radical (unpaired) electrons. The minimum Gasteiger partial charge on any atom is -0.317 e. The van der Waals surface area contributed by atoms with Gasteiger partial charge in [0.25, 0.3) is 0 Å². The molecule has 0 amide bonds. The Morgan fingerprint density at radius 3 is 2.36 bits per heavy atom. The van der Waals surface area contributed by atoms with Crippen LogP contribution in [0.3, 0.4) is 0 Å². The molecular formula is C12H26N2. The number of piperidine rings is 1. The summed E-state index contributed by atoms with van der Waals surface area (Å²) in [4.78, 5) is 0. The highest BCUT2D eigenvalue weighted by molar-refractivity contribution is 4.78. The molecule has 2 heteroatoms. The molecule has 0 aromatic carbocycles. The van der Waals surface area contributed by atoms with E-state index in [9.17, 15) is 0 Å². The first-order chi connectivity index (χ1) is 6.50. The fraction of sp³-hybridized carbons (Fsp3) is 1.00. The van der Waals surface area contributed by atoms with Gasteiger partial charge >= 0.3 is 0 Å². The van der Waals surface area contributed by atoms with Crippen molar-refractivity contribution in [1.29, 1.82) is 0 Å². The standard InChI is InChI=1S/C12H26N2/c1-10(12(2,3)4)14-9-11-5-7-13-8-6-11/h10-11,13-14H,5-9H2,1-4H3. The zero-order chi connectivity index (χ0) is 10.6. The molecule has 1 aliphatic heterocycles. The lowest BCUT2D eigenvalue weighted by Gasteiger charge is -2.31. The van der Waals surface area contributed by atoms with Crippen LogP contribution in [0.15, 0.2) is 0 Å². The predicted octanol–water partition coefficient (Wildman–Crippen LogP) is 2.01. The van der Waals surface area contributed by atoms with Gasteiger partial charge in [-0.1, -0.05) is 20.8 Å². The van der Waals surface area contributed by atoms with Crippen LogP contribution in [0.2, 0.25) is 0 Å². The van der Waals surface area contributed by atoms with Crippen molar-refractivity contribution in [3.8, 4) is 0 Å². The van der Waals surface area contributed by atoms with Gasteiger partial charge < -0.3 is 10.6 Å². The minimum absolute atomic E-state index is 0.382. The molecule has 2 nitrogen and oxygen atoms in total. The summed E-state index contributed by atoms with van der Waals surface area (Å²) in [5.74, 6) is 0.890. The van der Waals surface area contributed by atoms with Crippen molar-refractivity contribution in [2.45, 2.75) is 46.6 Å². The molecule has 2 N–H and O–H groups in total. The quantitative estimate of drug-likeness (QED) is 0.725. The summed E-state index contributed by atoms with van der Waals surface area (Å²) in [6.45, 7) is 12.8. The SMILES string of the molecule is CC(NCC1CCNCC1)C(C)(C)C. The molecule has 1 unspecified atom stereocenters. The first kappa shape index (κ1) is 12.0. The Labute approximate surface area is 88.8 Å². The van der Waals surface area contributed by atoms with E-state index < -0.39 is 0 Å². The second-order valence-corrected chi connectivity index (χ2v) is 5.69. The van der Waals surface area contributed by atoms with E-state index in [-0.39, 0.29) is 0 Å². The van der Waals surface area contributed by atoms with Crippen LogP contribution in [-0.2, 0) is 0 Å². The maximum atomic E-state index is 3.66. The van der Waals surface area contributed by atoms with Crippen LogP contribution >= 0.6 is 0 Å². The molecule has 0 saturated carbocycles. The summed E-state index contributed by atoms with van der Waals surface area (Å²) in [5, 5.41) is 7.07. The van der Waals surface area contributed by atoms with Crippen molar-refractivity contribution in [3.63, 3.8) is 0 Å². The van der Waals surface area contributed by atoms with Crippen LogP contribution in [0, 0.1) is 11.3 Å². The van der Waals surface area contributed by atoms with Gasteiger partial charge in [0.15, 0.2) is 0 Å². The fourth-order valence-electron chi connectivity index (χ4n) is 1.74. The normalized spacial score (nSPS) is 22.3. The van der Waals surface area contributed by atoms with Crippen molar-refractivity contribution in [1.82, 2.24) is 10.6 Å². The molecule has 1 atom stereocenters. The number of rotatable bonds is 3. The Morgan fingerprint density at radius 2 is 1.86 bits per heavy atom. The largest absolute Gasteiger partial charge is 0.317 e. The van der Waals surface area contributed by atoms with Crippen molar-refractivity contribution in [2.24, 2.45) is 11.3 Å². The topological polar surface area (TPSA) is 24.1 Å². The number of hydrogen-bond acceptors (Lipinski definition) is 2. The van der Waals surface area contributed by atoms with Gasteiger partial charge in [-0.05, 0) is 50.7 Å². The van der Waals surface area contributed by atoms with E-state index >= 15 is 0 Å². The third-order valence-electron chi connectivity index (χ3n) is 3.47. The van der Waals surface area contributed by atoms with Crippen molar-refractivity contribution in [3.05, 3.63) is 0 Å². The lowest BCUT2D eigenvalue weighted by molar-refractivity contribution is 0.258. The van der Waals surface area contributed by atoms with Crippen LogP contribution in [0.5, 0.6) is 0 Å². The van der Waals surface area contributed by atoms with Gasteiger partial charge in [-0.3, -0.25) is 0 Å². The van der Waals surface area contributed by atoms with Gasteiger partial charge in [0.05, 0.1) is 0 Å². The first-order valence-electron chi connectivity index (χ1n) is 5.94. The molecule has 1 heterocycles. The van der Waals surface area contributed by atoms with E-state index in [2.05, 4.69) is 38.3 Å². The Morgan fingerprint density at radius 1 is 1.29 bits per heavy atom. The molecule has 0 spiro atoms. The van der Waals surface area contributed by atoms with Gasteiger partial charge in [0, 0.05) is 6.04 Å². The summed E-state index contributed by atoms with van der Waals surface area (Å²) in [6, 6.07) is 0.609. The Balaban J connectivity index is 2.19. The van der Waals surface area contributed by atoms with Gasteiger partial charge in [-0.2, -0.15) is 0 Å². The van der Waals surface area contributed by atoms with Crippen molar-refractivity contribution in [2.75, 3.05) is 19.6 Å². The maximum absolute atomic E-state index is 3.66. The Kier molecular flexibility index (Phi) is 4.39. The molecular weight excluding hydrogens is 172 g/mol. The first-order valence-corrected chi connectivity index (χ1v) is 5.94. The molecule has 84 valence electrons. The smallest absolute Gasteiger partial charge is 0.00873 e. The zero-order valence-corrected chi connectivity index (χ0v) is 10.2. The van der Waals surface area contributed by atoms with Gasteiger partial charge in [-0.15, -0.1) is 0 Å². The van der Waals surface area contributed by atoms with Gasteiger partial charge in [-0.25, -0.2) is 0 Å². The van der Waals surface area contributed by atoms with Crippen LogP contribution < -0.4 is 10.6 Å². The van der Waals surface area contributed by atoms with Crippen LogP contribution in [-0.4, -0.2) is 25.7 Å². The van der Waals surface area contributed by atoms with Crippen molar-refractivity contribution >= 4 is 0 Å². The summed E-state index contributed by atoms with van der Waals surface area (Å²) < 4.78 is 0. The monoisotopic (exact) mass is 198 g/mol. The Bertz CT molecular complexity index is 154. The third kappa shape index (κ3) is 3.97. The van der Waals surface area contributed by atoms with E-state index in [1.54, 1.807) is 0 Å². The number of hydrogen-bond donors (Lipinski definition) is 2. The molecule has 0 bridgehead atoms. The minimum atomic E-state index is 0.382. The fourth-order valence-corrected chi connectivity index (χ4v) is 1.74. The van der Waals surface area contributed by atoms with E-state index in [0.29, 0.717) is 11.5 Å². The number of nitrogens with one attached hydrogen (secondary N) is 2. The average Bonchev–Trinajstić information content (AvgIpc) is 2.14.